The van der Waals surface area contributed by atoms with E-state index in [4.69, 9.17) is 58.8 Å². The quantitative estimate of drug-likeness (QED) is 0.0524. The summed E-state index contributed by atoms with van der Waals surface area (Å²) in [7, 11) is 3.25. The normalized spacial score (nSPS) is 9.82. The average molecular weight is 786 g/mol. The summed E-state index contributed by atoms with van der Waals surface area (Å²) in [6.07, 6.45) is 4.39. The van der Waals surface area contributed by atoms with E-state index >= 15 is 0 Å². The molecule has 6 aromatic rings. The second kappa shape index (κ2) is 20.9. The fourth-order valence-corrected chi connectivity index (χ4v) is 4.79. The van der Waals surface area contributed by atoms with E-state index in [1.807, 2.05) is 24.3 Å². The third-order valence-electron chi connectivity index (χ3n) is 7.33. The second-order valence-corrected chi connectivity index (χ2v) is 11.3. The van der Waals surface area contributed by atoms with Crippen LogP contribution >= 0.6 is 11.6 Å². The second-order valence-electron chi connectivity index (χ2n) is 10.9. The summed E-state index contributed by atoms with van der Waals surface area (Å²) in [6, 6.07) is 25.5. The number of anilines is 4. The van der Waals surface area contributed by atoms with Gasteiger partial charge in [0.25, 0.3) is 0 Å². The molecule has 0 radical (unpaired) electrons. The maximum atomic E-state index is 11.0. The Morgan fingerprint density at radius 3 is 1.50 bits per heavy atom. The average Bonchev–Trinajstić information content (AvgIpc) is 3.19. The standard InChI is InChI=1S/C12H11N3O3.C12H13N3O.C7H9BO3.C5H4ClN3O2/c1-18-9-4-2-3-8(7-9)11-12(15(16)17)10(13)5-6-14-11;1-16-9-4-2-3-8(7-9)12-11(14)10(13)5-6-15-12;1-11-7-4-2-3-6(5-7)8(9)10;6-5-4(9(10)11)3(7)1-2-8-5/h2-7H,1H3,(H2,13,14);2-7H,14H2,1H3,(H2,13,15);2-5,9-10H,1H3;1-2H,(H2,7,8). The highest BCUT2D eigenvalue weighted by atomic mass is 35.5. The molecule has 0 aliphatic carbocycles. The molecule has 0 saturated carbocycles. The first-order valence-corrected chi connectivity index (χ1v) is 16.3. The summed E-state index contributed by atoms with van der Waals surface area (Å²) in [6.45, 7) is 0. The zero-order valence-electron chi connectivity index (χ0n) is 30.1. The molecule has 0 fully saturated rings. The van der Waals surface area contributed by atoms with Crippen LogP contribution < -0.4 is 42.6 Å². The molecular formula is C36H37BClN9O9. The van der Waals surface area contributed by atoms with Crippen molar-refractivity contribution in [3.05, 3.63) is 135 Å². The molecular weight excluding hydrogens is 749 g/mol. The number of methoxy groups -OCH3 is 3. The number of hydrogen-bond donors (Lipinski definition) is 6. The molecule has 0 atom stereocenters. The van der Waals surface area contributed by atoms with Crippen LogP contribution in [0.1, 0.15) is 0 Å². The molecule has 290 valence electrons. The summed E-state index contributed by atoms with van der Waals surface area (Å²) >= 11 is 5.39. The molecule has 18 nitrogen and oxygen atoms in total. The Balaban J connectivity index is 0.000000205. The van der Waals surface area contributed by atoms with Gasteiger partial charge in [0.1, 0.15) is 28.6 Å². The predicted molar refractivity (Wildman–Crippen MR) is 215 cm³/mol. The van der Waals surface area contributed by atoms with Gasteiger partial charge in [-0.2, -0.15) is 0 Å². The van der Waals surface area contributed by atoms with Gasteiger partial charge in [0, 0.05) is 29.7 Å². The van der Waals surface area contributed by atoms with E-state index in [-0.39, 0.29) is 33.6 Å². The third kappa shape index (κ3) is 11.9. The number of aromatic nitrogens is 3. The number of hydrogen-bond acceptors (Lipinski definition) is 16. The van der Waals surface area contributed by atoms with Gasteiger partial charge in [-0.1, -0.05) is 48.0 Å². The van der Waals surface area contributed by atoms with E-state index in [9.17, 15) is 20.2 Å². The maximum Gasteiger partial charge on any atom is 0.488 e. The monoisotopic (exact) mass is 785 g/mol. The zero-order chi connectivity index (χ0) is 41.4. The minimum Gasteiger partial charge on any atom is -0.497 e. The van der Waals surface area contributed by atoms with Crippen molar-refractivity contribution in [2.75, 3.05) is 44.3 Å². The molecule has 0 aliphatic heterocycles. The Morgan fingerprint density at radius 2 is 1.04 bits per heavy atom. The largest absolute Gasteiger partial charge is 0.497 e. The smallest absolute Gasteiger partial charge is 0.488 e. The summed E-state index contributed by atoms with van der Waals surface area (Å²) in [5, 5.41) is 38.6. The molecule has 0 unspecified atom stereocenters. The number of halogens is 1. The molecule has 3 aromatic heterocycles. The molecule has 0 aliphatic rings. The van der Waals surface area contributed by atoms with Gasteiger partial charge in [-0.3, -0.25) is 25.2 Å². The van der Waals surface area contributed by atoms with Crippen LogP contribution in [0.2, 0.25) is 5.15 Å². The Bertz CT molecular complexity index is 2250. The Kier molecular flexibility index (Phi) is 16.1. The number of benzene rings is 3. The first-order valence-electron chi connectivity index (χ1n) is 15.9. The van der Waals surface area contributed by atoms with Gasteiger partial charge in [-0.25, -0.2) is 9.97 Å². The molecule has 20 heteroatoms. The Hall–Kier alpha value is -7.22. The Morgan fingerprint density at radius 1 is 0.607 bits per heavy atom. The van der Waals surface area contributed by atoms with Crippen LogP contribution in [0, 0.1) is 20.2 Å². The molecule has 3 aromatic carbocycles. The van der Waals surface area contributed by atoms with Crippen LogP contribution in [-0.2, 0) is 0 Å². The maximum absolute atomic E-state index is 11.0. The van der Waals surface area contributed by atoms with E-state index in [1.54, 1.807) is 67.9 Å². The van der Waals surface area contributed by atoms with Gasteiger partial charge in [0.15, 0.2) is 5.69 Å². The number of rotatable bonds is 8. The van der Waals surface area contributed by atoms with E-state index in [0.29, 0.717) is 39.6 Å². The van der Waals surface area contributed by atoms with E-state index < -0.39 is 17.0 Å². The van der Waals surface area contributed by atoms with Crippen molar-refractivity contribution in [1.82, 2.24) is 15.0 Å². The number of nitrogens with zero attached hydrogens (tertiary/aromatic N) is 5. The van der Waals surface area contributed by atoms with E-state index in [2.05, 4.69) is 15.0 Å². The molecule has 6 rings (SSSR count). The molecule has 0 saturated heterocycles. The Labute approximate surface area is 325 Å². The fraction of sp³-hybridized carbons (Fsp3) is 0.0833. The summed E-state index contributed by atoms with van der Waals surface area (Å²) < 4.78 is 15.1. The van der Waals surface area contributed by atoms with Crippen LogP contribution in [0.3, 0.4) is 0 Å². The number of nitrogens with two attached hydrogens (primary N) is 4. The van der Waals surface area contributed by atoms with Gasteiger partial charge in [-0.05, 0) is 60.1 Å². The summed E-state index contributed by atoms with van der Waals surface area (Å²) in [4.78, 5) is 31.8. The van der Waals surface area contributed by atoms with Crippen LogP contribution in [0.4, 0.5) is 34.1 Å². The van der Waals surface area contributed by atoms with E-state index in [1.165, 1.54) is 38.7 Å². The van der Waals surface area contributed by atoms with Crippen molar-refractivity contribution >= 4 is 58.3 Å². The highest BCUT2D eigenvalue weighted by molar-refractivity contribution is 6.58. The first-order chi connectivity index (χ1) is 26.7. The van der Waals surface area contributed by atoms with Crippen LogP contribution in [0.5, 0.6) is 17.2 Å². The van der Waals surface area contributed by atoms with Crippen LogP contribution in [0.25, 0.3) is 22.5 Å². The van der Waals surface area contributed by atoms with Crippen molar-refractivity contribution in [3.8, 4) is 39.8 Å². The molecule has 10 N–H and O–H groups in total. The fourth-order valence-electron chi connectivity index (χ4n) is 4.56. The van der Waals surface area contributed by atoms with Gasteiger partial charge >= 0.3 is 18.5 Å². The van der Waals surface area contributed by atoms with Crippen molar-refractivity contribution < 1.29 is 34.1 Å². The third-order valence-corrected chi connectivity index (χ3v) is 7.61. The van der Waals surface area contributed by atoms with Crippen LogP contribution in [-0.4, -0.2) is 63.3 Å². The molecule has 0 amide bonds. The SMILES string of the molecule is COc1cccc(-c2nccc(N)c2N)c1.COc1cccc(-c2nccc(N)c2[N+](=O)[O-])c1.COc1cccc(B(O)O)c1.Nc1ccnc(Cl)c1[N+](=O)[O-]. The van der Waals surface area contributed by atoms with Gasteiger partial charge in [0.2, 0.25) is 5.15 Å². The van der Waals surface area contributed by atoms with Crippen molar-refractivity contribution in [3.63, 3.8) is 0 Å². The van der Waals surface area contributed by atoms with Crippen molar-refractivity contribution in [2.24, 2.45) is 0 Å². The first kappa shape index (κ1) is 43.2. The summed E-state index contributed by atoms with van der Waals surface area (Å²) in [5.41, 5.74) is 25.9. The minimum atomic E-state index is -1.43. The lowest BCUT2D eigenvalue weighted by molar-refractivity contribution is -0.384. The van der Waals surface area contributed by atoms with Crippen LogP contribution in [0.15, 0.2) is 110 Å². The summed E-state index contributed by atoms with van der Waals surface area (Å²) in [5.74, 6) is 1.99. The zero-order valence-corrected chi connectivity index (χ0v) is 30.9. The highest BCUT2D eigenvalue weighted by Gasteiger charge is 2.21. The van der Waals surface area contributed by atoms with E-state index in [0.717, 1.165) is 11.3 Å². The van der Waals surface area contributed by atoms with Gasteiger partial charge < -0.3 is 47.2 Å². The number of nitro groups is 2. The topological polar surface area (TPSA) is 297 Å². The molecule has 56 heavy (non-hydrogen) atoms. The number of pyridine rings is 3. The lowest BCUT2D eigenvalue weighted by atomic mass is 9.80. The van der Waals surface area contributed by atoms with Gasteiger partial charge in [-0.15, -0.1) is 0 Å². The van der Waals surface area contributed by atoms with Crippen molar-refractivity contribution in [2.45, 2.75) is 0 Å². The molecule has 3 heterocycles. The lowest BCUT2D eigenvalue weighted by Crippen LogP contribution is -2.29. The van der Waals surface area contributed by atoms with Crippen molar-refractivity contribution in [1.29, 1.82) is 0 Å². The molecule has 0 spiro atoms. The van der Waals surface area contributed by atoms with Gasteiger partial charge in [0.05, 0.1) is 48.2 Å². The lowest BCUT2D eigenvalue weighted by Gasteiger charge is -2.08. The minimum absolute atomic E-state index is 0.0231. The number of nitrogen functional groups attached to an aromatic ring is 4. The number of ether oxygens (including phenoxy) is 3. The molecule has 0 bridgehead atoms. The highest BCUT2D eigenvalue weighted by Crippen LogP contribution is 2.34. The predicted octanol–water partition coefficient (Wildman–Crippen LogP) is 4.77.